The Bertz CT molecular complexity index is 664. The van der Waals surface area contributed by atoms with Crippen molar-refractivity contribution in [1.29, 1.82) is 5.26 Å². The van der Waals surface area contributed by atoms with Crippen LogP contribution in [0.1, 0.15) is 5.56 Å². The van der Waals surface area contributed by atoms with Gasteiger partial charge >= 0.3 is 0 Å². The van der Waals surface area contributed by atoms with E-state index in [0.29, 0.717) is 11.3 Å². The van der Waals surface area contributed by atoms with E-state index in [9.17, 15) is 9.18 Å². The Hall–Kier alpha value is -2.87. The molecule has 0 aromatic heterocycles. The Morgan fingerprint density at radius 1 is 1.10 bits per heavy atom. The minimum absolute atomic E-state index is 0.0826. The Morgan fingerprint density at radius 2 is 1.75 bits per heavy atom. The van der Waals surface area contributed by atoms with Crippen LogP contribution in [-0.2, 0) is 4.79 Å². The first-order valence-corrected chi connectivity index (χ1v) is 5.98. The Kier molecular flexibility index (Phi) is 4.30. The summed E-state index contributed by atoms with van der Waals surface area (Å²) in [6.07, 6.45) is 0. The summed E-state index contributed by atoms with van der Waals surface area (Å²) >= 11 is 0. The van der Waals surface area contributed by atoms with E-state index in [1.807, 2.05) is 6.07 Å². The van der Waals surface area contributed by atoms with E-state index in [1.165, 1.54) is 6.07 Å². The second-order valence-electron chi connectivity index (χ2n) is 4.04. The third-order valence-corrected chi connectivity index (χ3v) is 2.63. The third kappa shape index (κ3) is 3.33. The van der Waals surface area contributed by atoms with E-state index in [2.05, 4.69) is 10.6 Å². The molecule has 20 heavy (non-hydrogen) atoms. The van der Waals surface area contributed by atoms with E-state index >= 15 is 0 Å². The van der Waals surface area contributed by atoms with Gasteiger partial charge in [-0.25, -0.2) is 4.39 Å². The summed E-state index contributed by atoms with van der Waals surface area (Å²) in [5.41, 5.74) is 1.08. The minimum atomic E-state index is -0.419. The number of rotatable bonds is 4. The molecule has 2 aromatic rings. The Morgan fingerprint density at radius 3 is 2.45 bits per heavy atom. The maximum atomic E-state index is 13.3. The van der Waals surface area contributed by atoms with Crippen LogP contribution in [0.25, 0.3) is 0 Å². The van der Waals surface area contributed by atoms with Gasteiger partial charge in [0, 0.05) is 0 Å². The van der Waals surface area contributed by atoms with Gasteiger partial charge in [-0.15, -0.1) is 0 Å². The molecular weight excluding hydrogens is 257 g/mol. The van der Waals surface area contributed by atoms with Gasteiger partial charge in [0.15, 0.2) is 0 Å². The molecular formula is C15H12FN3O. The first-order chi connectivity index (χ1) is 9.70. The highest BCUT2D eigenvalue weighted by Gasteiger charge is 2.07. The summed E-state index contributed by atoms with van der Waals surface area (Å²) in [4.78, 5) is 11.8. The summed E-state index contributed by atoms with van der Waals surface area (Å²) < 4.78 is 13.3. The molecule has 0 saturated heterocycles. The van der Waals surface area contributed by atoms with Crippen molar-refractivity contribution in [3.8, 4) is 6.07 Å². The van der Waals surface area contributed by atoms with Crippen LogP contribution in [0, 0.1) is 17.1 Å². The molecule has 2 N–H and O–H groups in total. The lowest BCUT2D eigenvalue weighted by Crippen LogP contribution is -2.22. The van der Waals surface area contributed by atoms with Crippen LogP contribution in [0.15, 0.2) is 48.5 Å². The molecule has 100 valence electrons. The molecule has 0 heterocycles. The van der Waals surface area contributed by atoms with Crippen LogP contribution in [0.4, 0.5) is 15.8 Å². The second kappa shape index (κ2) is 6.34. The van der Waals surface area contributed by atoms with Gasteiger partial charge in [-0.05, 0) is 24.3 Å². The van der Waals surface area contributed by atoms with Crippen molar-refractivity contribution in [3.05, 3.63) is 59.9 Å². The molecule has 5 heteroatoms. The van der Waals surface area contributed by atoms with Gasteiger partial charge in [0.1, 0.15) is 11.9 Å². The fourth-order valence-corrected chi connectivity index (χ4v) is 1.66. The Balaban J connectivity index is 1.97. The predicted octanol–water partition coefficient (Wildman–Crippen LogP) is 2.75. The number of hydrogen-bond acceptors (Lipinski definition) is 3. The van der Waals surface area contributed by atoms with E-state index < -0.39 is 5.82 Å². The quantitative estimate of drug-likeness (QED) is 0.897. The van der Waals surface area contributed by atoms with E-state index in [4.69, 9.17) is 5.26 Å². The molecule has 0 radical (unpaired) electrons. The largest absolute Gasteiger partial charge is 0.374 e. The SMILES string of the molecule is N#Cc1ccccc1NC(=O)CNc1ccccc1F. The lowest BCUT2D eigenvalue weighted by molar-refractivity contribution is -0.114. The van der Waals surface area contributed by atoms with Gasteiger partial charge in [-0.2, -0.15) is 5.26 Å². The predicted molar refractivity (Wildman–Crippen MR) is 74.7 cm³/mol. The van der Waals surface area contributed by atoms with Crippen molar-refractivity contribution in [2.24, 2.45) is 0 Å². The molecule has 0 aliphatic rings. The molecule has 2 rings (SSSR count). The maximum Gasteiger partial charge on any atom is 0.243 e. The summed E-state index contributed by atoms with van der Waals surface area (Å²) in [6, 6.07) is 14.8. The lowest BCUT2D eigenvalue weighted by atomic mass is 10.2. The molecule has 0 saturated carbocycles. The molecule has 1 amide bonds. The number of carbonyl (C=O) groups excluding carboxylic acids is 1. The number of anilines is 2. The highest BCUT2D eigenvalue weighted by molar-refractivity contribution is 5.94. The fraction of sp³-hybridized carbons (Fsp3) is 0.0667. The molecule has 2 aromatic carbocycles. The highest BCUT2D eigenvalue weighted by Crippen LogP contribution is 2.14. The molecule has 0 aliphatic heterocycles. The minimum Gasteiger partial charge on any atom is -0.374 e. The number of amides is 1. The molecule has 0 bridgehead atoms. The van der Waals surface area contributed by atoms with Gasteiger partial charge in [0.25, 0.3) is 0 Å². The van der Waals surface area contributed by atoms with Crippen LogP contribution in [0.5, 0.6) is 0 Å². The molecule has 0 fully saturated rings. The van der Waals surface area contributed by atoms with Crippen LogP contribution in [0.3, 0.4) is 0 Å². The maximum absolute atomic E-state index is 13.3. The van der Waals surface area contributed by atoms with Crippen LogP contribution < -0.4 is 10.6 Å². The van der Waals surface area contributed by atoms with Gasteiger partial charge in [0.05, 0.1) is 23.5 Å². The summed E-state index contributed by atoms with van der Waals surface area (Å²) in [5.74, 6) is -0.770. The number of halogens is 1. The number of hydrogen-bond donors (Lipinski definition) is 2. The van der Waals surface area contributed by atoms with Crippen molar-refractivity contribution in [2.75, 3.05) is 17.2 Å². The zero-order valence-corrected chi connectivity index (χ0v) is 10.6. The van der Waals surface area contributed by atoms with Gasteiger partial charge in [-0.3, -0.25) is 4.79 Å². The molecule has 0 atom stereocenters. The first-order valence-electron chi connectivity index (χ1n) is 5.98. The molecule has 0 spiro atoms. The van der Waals surface area contributed by atoms with E-state index in [0.717, 1.165) is 0 Å². The lowest BCUT2D eigenvalue weighted by Gasteiger charge is -2.09. The van der Waals surface area contributed by atoms with Crippen LogP contribution in [-0.4, -0.2) is 12.5 Å². The van der Waals surface area contributed by atoms with E-state index in [-0.39, 0.29) is 18.1 Å². The van der Waals surface area contributed by atoms with Crippen LogP contribution >= 0.6 is 0 Å². The van der Waals surface area contributed by atoms with Gasteiger partial charge in [-0.1, -0.05) is 24.3 Å². The number of nitrogens with zero attached hydrogens (tertiary/aromatic N) is 1. The first kappa shape index (κ1) is 13.6. The number of nitriles is 1. The van der Waals surface area contributed by atoms with Crippen molar-refractivity contribution in [2.45, 2.75) is 0 Å². The molecule has 4 nitrogen and oxygen atoms in total. The number of carbonyl (C=O) groups is 1. The third-order valence-electron chi connectivity index (χ3n) is 2.63. The van der Waals surface area contributed by atoms with Gasteiger partial charge in [0.2, 0.25) is 5.91 Å². The topological polar surface area (TPSA) is 64.9 Å². The van der Waals surface area contributed by atoms with Crippen molar-refractivity contribution < 1.29 is 9.18 Å². The summed E-state index contributed by atoms with van der Waals surface area (Å²) in [6.45, 7) is -0.0826. The van der Waals surface area contributed by atoms with Crippen molar-refractivity contribution >= 4 is 17.3 Å². The average molecular weight is 269 g/mol. The van der Waals surface area contributed by atoms with Gasteiger partial charge < -0.3 is 10.6 Å². The summed E-state index contributed by atoms with van der Waals surface area (Å²) in [5, 5.41) is 14.2. The number of nitrogens with one attached hydrogen (secondary N) is 2. The standard InChI is InChI=1S/C15H12FN3O/c16-12-6-2-4-8-14(12)18-10-15(20)19-13-7-3-1-5-11(13)9-17/h1-8,18H,10H2,(H,19,20). The normalized spacial score (nSPS) is 9.60. The zero-order chi connectivity index (χ0) is 14.4. The second-order valence-corrected chi connectivity index (χ2v) is 4.04. The monoisotopic (exact) mass is 269 g/mol. The van der Waals surface area contributed by atoms with Crippen molar-refractivity contribution in [3.63, 3.8) is 0 Å². The highest BCUT2D eigenvalue weighted by atomic mass is 19.1. The van der Waals surface area contributed by atoms with Crippen molar-refractivity contribution in [1.82, 2.24) is 0 Å². The Labute approximate surface area is 115 Å². The van der Waals surface area contributed by atoms with E-state index in [1.54, 1.807) is 42.5 Å². The smallest absolute Gasteiger partial charge is 0.243 e. The average Bonchev–Trinajstić information content (AvgIpc) is 2.47. The fourth-order valence-electron chi connectivity index (χ4n) is 1.66. The number of benzene rings is 2. The molecule has 0 unspecified atom stereocenters. The number of para-hydroxylation sites is 2. The van der Waals surface area contributed by atoms with Crippen LogP contribution in [0.2, 0.25) is 0 Å². The zero-order valence-electron chi connectivity index (χ0n) is 10.6. The summed E-state index contributed by atoms with van der Waals surface area (Å²) in [7, 11) is 0. The molecule has 0 aliphatic carbocycles.